The SMILES string of the molecule is CC1CN(S(=O)(=O)c2ccccc2F)CC(C)N1.Cl. The van der Waals surface area contributed by atoms with Gasteiger partial charge in [-0.3, -0.25) is 0 Å². The van der Waals surface area contributed by atoms with Crippen LogP contribution in [0.25, 0.3) is 0 Å². The van der Waals surface area contributed by atoms with E-state index in [1.807, 2.05) is 13.8 Å². The molecule has 2 unspecified atom stereocenters. The molecular formula is C12H18ClFN2O2S. The first-order valence-electron chi connectivity index (χ1n) is 5.92. The van der Waals surface area contributed by atoms with Gasteiger partial charge in [-0.05, 0) is 26.0 Å². The highest BCUT2D eigenvalue weighted by molar-refractivity contribution is 7.89. The predicted octanol–water partition coefficient (Wildman–Crippen LogP) is 1.62. The molecule has 0 radical (unpaired) electrons. The van der Waals surface area contributed by atoms with Gasteiger partial charge in [0, 0.05) is 25.2 Å². The minimum atomic E-state index is -3.74. The molecule has 108 valence electrons. The molecule has 2 rings (SSSR count). The van der Waals surface area contributed by atoms with Gasteiger partial charge in [0.15, 0.2) is 0 Å². The van der Waals surface area contributed by atoms with Crippen LogP contribution in [0.15, 0.2) is 29.2 Å². The number of sulfonamides is 1. The summed E-state index contributed by atoms with van der Waals surface area (Å²) in [5.74, 6) is -0.698. The molecule has 1 saturated heterocycles. The third-order valence-corrected chi connectivity index (χ3v) is 4.84. The Labute approximate surface area is 119 Å². The Morgan fingerprint density at radius 3 is 2.26 bits per heavy atom. The summed E-state index contributed by atoms with van der Waals surface area (Å²) in [5, 5.41) is 3.25. The summed E-state index contributed by atoms with van der Waals surface area (Å²) >= 11 is 0. The van der Waals surface area contributed by atoms with E-state index < -0.39 is 15.8 Å². The van der Waals surface area contributed by atoms with Gasteiger partial charge in [0.05, 0.1) is 0 Å². The molecule has 0 aromatic heterocycles. The number of rotatable bonds is 2. The van der Waals surface area contributed by atoms with Gasteiger partial charge < -0.3 is 5.32 Å². The molecule has 7 heteroatoms. The highest BCUT2D eigenvalue weighted by Gasteiger charge is 2.32. The third-order valence-electron chi connectivity index (χ3n) is 2.98. The van der Waals surface area contributed by atoms with Gasteiger partial charge >= 0.3 is 0 Å². The maximum absolute atomic E-state index is 13.6. The second-order valence-corrected chi connectivity index (χ2v) is 6.63. The van der Waals surface area contributed by atoms with Crippen molar-refractivity contribution in [3.8, 4) is 0 Å². The van der Waals surface area contributed by atoms with E-state index >= 15 is 0 Å². The second-order valence-electron chi connectivity index (χ2n) is 4.72. The Balaban J connectivity index is 0.00000180. The minimum absolute atomic E-state index is 0. The summed E-state index contributed by atoms with van der Waals surface area (Å²) in [6.07, 6.45) is 0. The lowest BCUT2D eigenvalue weighted by Crippen LogP contribution is -2.55. The molecule has 19 heavy (non-hydrogen) atoms. The van der Waals surface area contributed by atoms with Gasteiger partial charge in [-0.2, -0.15) is 4.31 Å². The first kappa shape index (κ1) is 16.4. The summed E-state index contributed by atoms with van der Waals surface area (Å²) < 4.78 is 39.7. The molecule has 1 aliphatic heterocycles. The number of piperazine rings is 1. The molecular weight excluding hydrogens is 291 g/mol. The smallest absolute Gasteiger partial charge is 0.246 e. The number of nitrogens with zero attached hydrogens (tertiary/aromatic N) is 1. The lowest BCUT2D eigenvalue weighted by atomic mass is 10.2. The number of nitrogens with one attached hydrogen (secondary N) is 1. The number of hydrogen-bond acceptors (Lipinski definition) is 3. The van der Waals surface area contributed by atoms with Crippen LogP contribution in [0.2, 0.25) is 0 Å². The Kier molecular flexibility index (Phi) is 5.32. The molecule has 0 spiro atoms. The largest absolute Gasteiger partial charge is 0.309 e. The van der Waals surface area contributed by atoms with Crippen LogP contribution in [-0.4, -0.2) is 37.9 Å². The maximum atomic E-state index is 13.6. The van der Waals surface area contributed by atoms with Gasteiger partial charge in [0.2, 0.25) is 10.0 Å². The van der Waals surface area contributed by atoms with Gasteiger partial charge in [0.25, 0.3) is 0 Å². The quantitative estimate of drug-likeness (QED) is 0.903. The van der Waals surface area contributed by atoms with Gasteiger partial charge in [-0.25, -0.2) is 12.8 Å². The molecule has 1 fully saturated rings. The van der Waals surface area contributed by atoms with Crippen LogP contribution in [0.4, 0.5) is 4.39 Å². The Bertz CT molecular complexity index is 528. The fourth-order valence-corrected chi connectivity index (χ4v) is 3.95. The zero-order chi connectivity index (χ0) is 13.3. The average Bonchev–Trinajstić information content (AvgIpc) is 2.28. The van der Waals surface area contributed by atoms with Crippen molar-refractivity contribution in [2.45, 2.75) is 30.8 Å². The maximum Gasteiger partial charge on any atom is 0.246 e. The van der Waals surface area contributed by atoms with E-state index in [0.29, 0.717) is 13.1 Å². The van der Waals surface area contributed by atoms with E-state index in [0.717, 1.165) is 0 Å². The summed E-state index contributed by atoms with van der Waals surface area (Å²) in [5.41, 5.74) is 0. The highest BCUT2D eigenvalue weighted by Crippen LogP contribution is 2.21. The van der Waals surface area contributed by atoms with Crippen LogP contribution in [-0.2, 0) is 10.0 Å². The van der Waals surface area contributed by atoms with Crippen molar-refractivity contribution in [1.82, 2.24) is 9.62 Å². The fourth-order valence-electron chi connectivity index (χ4n) is 2.27. The van der Waals surface area contributed by atoms with Crippen LogP contribution in [0, 0.1) is 5.82 Å². The molecule has 1 aromatic carbocycles. The van der Waals surface area contributed by atoms with Crippen molar-refractivity contribution in [3.05, 3.63) is 30.1 Å². The summed E-state index contributed by atoms with van der Waals surface area (Å²) in [4.78, 5) is -0.244. The molecule has 0 aliphatic carbocycles. The number of benzene rings is 1. The normalized spacial score (nSPS) is 24.8. The van der Waals surface area contributed by atoms with Crippen molar-refractivity contribution in [2.24, 2.45) is 0 Å². The summed E-state index contributed by atoms with van der Waals surface area (Å²) in [6.45, 7) is 4.56. The zero-order valence-corrected chi connectivity index (χ0v) is 12.5. The zero-order valence-electron chi connectivity index (χ0n) is 10.8. The Hall–Kier alpha value is -0.690. The van der Waals surface area contributed by atoms with E-state index in [1.165, 1.54) is 28.6 Å². The topological polar surface area (TPSA) is 49.4 Å². The van der Waals surface area contributed by atoms with Gasteiger partial charge in [-0.15, -0.1) is 12.4 Å². The van der Waals surface area contributed by atoms with E-state index in [-0.39, 0.29) is 29.4 Å². The molecule has 1 aliphatic rings. The summed E-state index contributed by atoms with van der Waals surface area (Å²) in [6, 6.07) is 5.62. The fraction of sp³-hybridized carbons (Fsp3) is 0.500. The molecule has 1 heterocycles. The van der Waals surface area contributed by atoms with Crippen molar-refractivity contribution in [2.75, 3.05) is 13.1 Å². The number of halogens is 2. The van der Waals surface area contributed by atoms with Crippen molar-refractivity contribution in [3.63, 3.8) is 0 Å². The average molecular weight is 309 g/mol. The first-order valence-corrected chi connectivity index (χ1v) is 7.36. The molecule has 0 bridgehead atoms. The Morgan fingerprint density at radius 2 is 1.74 bits per heavy atom. The minimum Gasteiger partial charge on any atom is -0.309 e. The lowest BCUT2D eigenvalue weighted by molar-refractivity contribution is 0.262. The molecule has 4 nitrogen and oxygen atoms in total. The molecule has 2 atom stereocenters. The number of hydrogen-bond donors (Lipinski definition) is 1. The van der Waals surface area contributed by atoms with E-state index in [1.54, 1.807) is 0 Å². The standard InChI is InChI=1S/C12H17FN2O2S.ClH/c1-9-7-15(8-10(2)14-9)18(16,17)12-6-4-3-5-11(12)13;/h3-6,9-10,14H,7-8H2,1-2H3;1H. The van der Waals surface area contributed by atoms with Crippen molar-refractivity contribution in [1.29, 1.82) is 0 Å². The van der Waals surface area contributed by atoms with E-state index in [9.17, 15) is 12.8 Å². The lowest BCUT2D eigenvalue weighted by Gasteiger charge is -2.35. The van der Waals surface area contributed by atoms with Crippen LogP contribution >= 0.6 is 12.4 Å². The van der Waals surface area contributed by atoms with Crippen molar-refractivity contribution < 1.29 is 12.8 Å². The van der Waals surface area contributed by atoms with Crippen LogP contribution in [0.3, 0.4) is 0 Å². The van der Waals surface area contributed by atoms with E-state index in [4.69, 9.17) is 0 Å². The van der Waals surface area contributed by atoms with Crippen LogP contribution < -0.4 is 5.32 Å². The van der Waals surface area contributed by atoms with Crippen LogP contribution in [0.5, 0.6) is 0 Å². The van der Waals surface area contributed by atoms with Crippen LogP contribution in [0.1, 0.15) is 13.8 Å². The highest BCUT2D eigenvalue weighted by atomic mass is 35.5. The van der Waals surface area contributed by atoms with Gasteiger partial charge in [-0.1, -0.05) is 12.1 Å². The monoisotopic (exact) mass is 308 g/mol. The Morgan fingerprint density at radius 1 is 1.21 bits per heavy atom. The second kappa shape index (κ2) is 6.17. The molecule has 1 aromatic rings. The van der Waals surface area contributed by atoms with Crippen molar-refractivity contribution >= 4 is 22.4 Å². The third kappa shape index (κ3) is 3.45. The predicted molar refractivity (Wildman–Crippen MR) is 74.5 cm³/mol. The van der Waals surface area contributed by atoms with E-state index in [2.05, 4.69) is 5.32 Å². The molecule has 0 amide bonds. The molecule has 0 saturated carbocycles. The first-order chi connectivity index (χ1) is 8.41. The molecule has 1 N–H and O–H groups in total. The summed E-state index contributed by atoms with van der Waals surface area (Å²) in [7, 11) is -3.74. The van der Waals surface area contributed by atoms with Gasteiger partial charge in [0.1, 0.15) is 10.7 Å².